The van der Waals surface area contributed by atoms with Gasteiger partial charge in [0.2, 0.25) is 5.96 Å². The van der Waals surface area contributed by atoms with Crippen molar-refractivity contribution in [3.8, 4) is 0 Å². The third-order valence-electron chi connectivity index (χ3n) is 2.64. The maximum absolute atomic E-state index is 11.9. The zero-order valence-electron chi connectivity index (χ0n) is 11.9. The number of aryl methyl sites for hydroxylation is 2. The minimum Gasteiger partial charge on any atom is -0.480 e. The van der Waals surface area contributed by atoms with Gasteiger partial charge in [-0.1, -0.05) is 0 Å². The number of carboxylic acid groups (broad SMARTS) is 1. The Kier molecular flexibility index (Phi) is 4.89. The van der Waals surface area contributed by atoms with E-state index < -0.39 is 23.8 Å². The van der Waals surface area contributed by atoms with Gasteiger partial charge in [-0.05, 0) is 0 Å². The second-order valence-electron chi connectivity index (χ2n) is 4.21. The molecule has 120 valence electrons. The number of carbonyl (C=O) groups is 1. The van der Waals surface area contributed by atoms with Crippen LogP contribution in [-0.2, 0) is 25.4 Å². The molecule has 0 fully saturated rings. The normalized spacial score (nSPS) is 9.91. The van der Waals surface area contributed by atoms with E-state index in [2.05, 4.69) is 15.9 Å². The largest absolute Gasteiger partial charge is 0.480 e. The van der Waals surface area contributed by atoms with Crippen molar-refractivity contribution in [3.05, 3.63) is 27.2 Å². The molecule has 7 N–H and O–H groups in total. The number of nitrogens with zero attached hydrogens (tertiary/aromatic N) is 5. The van der Waals surface area contributed by atoms with Crippen LogP contribution in [-0.4, -0.2) is 35.7 Å². The van der Waals surface area contributed by atoms with Crippen molar-refractivity contribution in [3.63, 3.8) is 0 Å². The Morgan fingerprint density at radius 1 is 1.36 bits per heavy atom. The van der Waals surface area contributed by atoms with Gasteiger partial charge in [-0.15, -0.1) is 5.10 Å². The summed E-state index contributed by atoms with van der Waals surface area (Å²) < 4.78 is 3.28. The molecule has 2 rings (SSSR count). The minimum atomic E-state index is -1.24. The SMILES string of the molecule is Cn1cnc2c1c(=O)n(CC(=O)O)c(=O)n2C.NN=C(N)N. The van der Waals surface area contributed by atoms with E-state index >= 15 is 0 Å². The highest BCUT2D eigenvalue weighted by Crippen LogP contribution is 2.02. The third kappa shape index (κ3) is 3.23. The lowest BCUT2D eigenvalue weighted by Crippen LogP contribution is -2.41. The number of hydrogen-bond donors (Lipinski definition) is 4. The van der Waals surface area contributed by atoms with Crippen LogP contribution in [0.15, 0.2) is 21.0 Å². The molecule has 22 heavy (non-hydrogen) atoms. The van der Waals surface area contributed by atoms with Crippen LogP contribution in [0.2, 0.25) is 0 Å². The fourth-order valence-corrected chi connectivity index (χ4v) is 1.67. The highest BCUT2D eigenvalue weighted by Gasteiger charge is 2.16. The molecule has 0 unspecified atom stereocenters. The van der Waals surface area contributed by atoms with Crippen LogP contribution in [0.5, 0.6) is 0 Å². The highest BCUT2D eigenvalue weighted by atomic mass is 16.4. The smallest absolute Gasteiger partial charge is 0.333 e. The Morgan fingerprint density at radius 2 is 1.91 bits per heavy atom. The Bertz CT molecular complexity index is 839. The second-order valence-corrected chi connectivity index (χ2v) is 4.21. The Labute approximate surface area is 123 Å². The van der Waals surface area contributed by atoms with Crippen molar-refractivity contribution in [2.75, 3.05) is 0 Å². The molecule has 0 radical (unpaired) electrons. The van der Waals surface area contributed by atoms with Crippen LogP contribution in [0.1, 0.15) is 0 Å². The number of fused-ring (bicyclic) bond motifs is 1. The first kappa shape index (κ1) is 16.7. The number of guanidine groups is 1. The van der Waals surface area contributed by atoms with Gasteiger partial charge in [-0.2, -0.15) is 0 Å². The summed E-state index contributed by atoms with van der Waals surface area (Å²) in [4.78, 5) is 38.2. The van der Waals surface area contributed by atoms with E-state index in [-0.39, 0.29) is 17.1 Å². The van der Waals surface area contributed by atoms with Crippen molar-refractivity contribution in [1.82, 2.24) is 18.7 Å². The predicted octanol–water partition coefficient (Wildman–Crippen LogP) is -3.35. The number of rotatable bonds is 2. The highest BCUT2D eigenvalue weighted by molar-refractivity contribution is 5.75. The first-order chi connectivity index (χ1) is 10.2. The lowest BCUT2D eigenvalue weighted by Gasteiger charge is -2.05. The Morgan fingerprint density at radius 3 is 2.36 bits per heavy atom. The van der Waals surface area contributed by atoms with E-state index in [9.17, 15) is 14.4 Å². The third-order valence-corrected chi connectivity index (χ3v) is 2.64. The van der Waals surface area contributed by atoms with E-state index in [1.54, 1.807) is 7.05 Å². The molecule has 0 bridgehead atoms. The van der Waals surface area contributed by atoms with Gasteiger partial charge in [0.15, 0.2) is 11.2 Å². The van der Waals surface area contributed by atoms with Gasteiger partial charge in [0.05, 0.1) is 6.33 Å². The molecule has 2 aromatic rings. The van der Waals surface area contributed by atoms with Crippen LogP contribution in [0.25, 0.3) is 11.2 Å². The zero-order valence-corrected chi connectivity index (χ0v) is 11.9. The van der Waals surface area contributed by atoms with Gasteiger partial charge in [-0.25, -0.2) is 14.3 Å². The molecule has 0 aliphatic heterocycles. The summed E-state index contributed by atoms with van der Waals surface area (Å²) in [5, 5.41) is 11.5. The fraction of sp³-hybridized carbons (Fsp3) is 0.300. The molecule has 0 saturated heterocycles. The molecule has 0 aliphatic rings. The van der Waals surface area contributed by atoms with E-state index in [0.29, 0.717) is 4.57 Å². The molecule has 12 nitrogen and oxygen atoms in total. The number of imidazole rings is 1. The number of hydrazone groups is 1. The van der Waals surface area contributed by atoms with Crippen molar-refractivity contribution >= 4 is 23.1 Å². The summed E-state index contributed by atoms with van der Waals surface area (Å²) in [6.07, 6.45) is 1.40. The first-order valence-corrected chi connectivity index (χ1v) is 5.82. The average molecular weight is 312 g/mol. The van der Waals surface area contributed by atoms with Gasteiger partial charge in [-0.3, -0.25) is 14.2 Å². The predicted molar refractivity (Wildman–Crippen MR) is 77.8 cm³/mol. The summed E-state index contributed by atoms with van der Waals surface area (Å²) in [5.74, 6) is 3.17. The average Bonchev–Trinajstić information content (AvgIpc) is 2.83. The molecule has 0 aliphatic carbocycles. The van der Waals surface area contributed by atoms with Gasteiger partial charge >= 0.3 is 11.7 Å². The summed E-state index contributed by atoms with van der Waals surface area (Å²) in [5.41, 5.74) is 8.49. The lowest BCUT2D eigenvalue weighted by atomic mass is 10.5. The molecular weight excluding hydrogens is 296 g/mol. The van der Waals surface area contributed by atoms with Crippen LogP contribution >= 0.6 is 0 Å². The topological polar surface area (TPSA) is 190 Å². The summed E-state index contributed by atoms with van der Waals surface area (Å²) in [6.45, 7) is -0.660. The number of carboxylic acids is 1. The molecule has 2 aromatic heterocycles. The van der Waals surface area contributed by atoms with Crippen LogP contribution in [0.4, 0.5) is 0 Å². The Balaban J connectivity index is 0.000000422. The van der Waals surface area contributed by atoms with E-state index in [0.717, 1.165) is 4.57 Å². The molecule has 0 aromatic carbocycles. The van der Waals surface area contributed by atoms with Crippen LogP contribution in [0, 0.1) is 0 Å². The van der Waals surface area contributed by atoms with E-state index in [1.165, 1.54) is 17.9 Å². The van der Waals surface area contributed by atoms with Gasteiger partial charge in [0, 0.05) is 14.1 Å². The fourth-order valence-electron chi connectivity index (χ4n) is 1.67. The zero-order chi connectivity index (χ0) is 17.0. The number of nitrogens with two attached hydrogens (primary N) is 3. The van der Waals surface area contributed by atoms with Crippen molar-refractivity contribution in [2.24, 2.45) is 36.5 Å². The molecule has 0 amide bonds. The monoisotopic (exact) mass is 312 g/mol. The number of hydrogen-bond acceptors (Lipinski definition) is 6. The van der Waals surface area contributed by atoms with Crippen molar-refractivity contribution < 1.29 is 9.90 Å². The van der Waals surface area contributed by atoms with Crippen molar-refractivity contribution in [1.29, 1.82) is 0 Å². The minimum absolute atomic E-state index is 0.0926. The maximum atomic E-state index is 11.9. The summed E-state index contributed by atoms with van der Waals surface area (Å²) in [7, 11) is 3.04. The summed E-state index contributed by atoms with van der Waals surface area (Å²) >= 11 is 0. The maximum Gasteiger partial charge on any atom is 0.333 e. The Hall–Kier alpha value is -3.31. The van der Waals surface area contributed by atoms with Crippen molar-refractivity contribution in [2.45, 2.75) is 6.54 Å². The van der Waals surface area contributed by atoms with E-state index in [4.69, 9.17) is 16.6 Å². The molecule has 12 heteroatoms. The molecule has 0 spiro atoms. The summed E-state index contributed by atoms with van der Waals surface area (Å²) in [6, 6.07) is 0. The standard InChI is InChI=1S/C9H10N4O4.CH6N4/c1-11-4-10-7-6(11)8(16)13(3-5(14)15)9(17)12(7)2;2-1(3)5-4/h4H,3H2,1-2H3,(H,14,15);4H2,(H4,2,3,5). The van der Waals surface area contributed by atoms with Crippen LogP contribution < -0.4 is 28.6 Å². The quantitative estimate of drug-likeness (QED) is 0.191. The van der Waals surface area contributed by atoms with Gasteiger partial charge in [0.25, 0.3) is 5.56 Å². The number of aromatic nitrogens is 4. The first-order valence-electron chi connectivity index (χ1n) is 5.82. The van der Waals surface area contributed by atoms with Gasteiger partial charge in [0.1, 0.15) is 6.54 Å². The van der Waals surface area contributed by atoms with Gasteiger partial charge < -0.3 is 27.0 Å². The molecular formula is C10H16N8O4. The molecule has 0 saturated carbocycles. The number of aliphatic carboxylic acids is 1. The molecule has 0 atom stereocenters. The second kappa shape index (κ2) is 6.43. The van der Waals surface area contributed by atoms with Crippen LogP contribution in [0.3, 0.4) is 0 Å². The lowest BCUT2D eigenvalue weighted by molar-refractivity contribution is -0.137. The molecule has 2 heterocycles. The van der Waals surface area contributed by atoms with E-state index in [1.807, 2.05) is 0 Å².